The molecule has 3 saturated heterocycles. The largest absolute Gasteiger partial charge is 0.444 e. The maximum Gasteiger partial charge on any atom is 0.410 e. The summed E-state index contributed by atoms with van der Waals surface area (Å²) in [6.45, 7) is 10.1. The standard InChI is InChI=1S/C35H48FN5O9S.C35H46FN5O9S/c2*1-34(2,3)50-32(45)37-27-13-8-6-4-5-7-11-22-17-35(22,31(44)39-51(47,48)24-14-15-24)38-29(42)28-16-23(19-41(28)30(27)43)49-33(46)40-18-21-10-9-12-26(36)25(21)20-40/h9-10,12,22-24,27-28H,4-8,11,13-20H2,1-3H3,(H,37,45)(H,38,42)(H,39,44);7,9-12,22-24,27-28H,4-6,8,13-20H2,1-3H3,(H,37,45)(H,38,42)(H,39,44)/b;11-7-/t2*22-,23-,27+,28+,35-/m11/s1. The Balaban J connectivity index is 0.000000205. The topological polar surface area (TPSA) is 361 Å². The van der Waals surface area contributed by atoms with E-state index in [1.807, 2.05) is 12.2 Å². The molecule has 32 heteroatoms. The molecule has 28 nitrogen and oxygen atoms in total. The zero-order valence-electron chi connectivity index (χ0n) is 58.5. The number of hydrogen-bond donors (Lipinski definition) is 6. The molecule has 4 aliphatic carbocycles. The Hall–Kier alpha value is -8.16. The fourth-order valence-corrected chi connectivity index (χ4v) is 17.2. The second-order valence-electron chi connectivity index (χ2n) is 30.8. The molecule has 0 spiro atoms. The molecule has 2 aromatic carbocycles. The summed E-state index contributed by atoms with van der Waals surface area (Å²) >= 11 is 0. The van der Waals surface area contributed by atoms with Crippen LogP contribution in [0.4, 0.5) is 28.0 Å². The lowest BCUT2D eigenvalue weighted by Gasteiger charge is -2.30. The first-order valence-electron chi connectivity index (χ1n) is 35.6. The van der Waals surface area contributed by atoms with Crippen LogP contribution >= 0.6 is 0 Å². The highest BCUT2D eigenvalue weighted by molar-refractivity contribution is 7.91. The molecule has 6 N–H and O–H groups in total. The van der Waals surface area contributed by atoms with Crippen LogP contribution in [0.2, 0.25) is 0 Å². The molecule has 0 radical (unpaired) electrons. The van der Waals surface area contributed by atoms with E-state index in [1.165, 1.54) is 31.7 Å². The minimum absolute atomic E-state index is 0.00168. The van der Waals surface area contributed by atoms with Gasteiger partial charge in [-0.2, -0.15) is 0 Å². The molecule has 558 valence electrons. The molecular formula is C70H94F2N10O18S2. The monoisotopic (exact) mass is 1460 g/mol. The Bertz CT molecular complexity index is 3900. The third-order valence-corrected chi connectivity index (χ3v) is 24.0. The molecule has 0 unspecified atom stereocenters. The van der Waals surface area contributed by atoms with Crippen LogP contribution in [0.5, 0.6) is 0 Å². The molecule has 6 heterocycles. The number of allylic oxidation sites excluding steroid dienone is 1. The van der Waals surface area contributed by atoms with Crippen molar-refractivity contribution in [2.75, 3.05) is 13.1 Å². The number of nitrogens with zero attached hydrogens (tertiary/aromatic N) is 4. The van der Waals surface area contributed by atoms with Gasteiger partial charge in [-0.15, -0.1) is 0 Å². The van der Waals surface area contributed by atoms with Crippen LogP contribution < -0.4 is 30.7 Å². The van der Waals surface area contributed by atoms with Crippen LogP contribution in [0.15, 0.2) is 48.6 Å². The van der Waals surface area contributed by atoms with Gasteiger partial charge in [0.1, 0.15) is 70.3 Å². The number of fused-ring (bicyclic) bond motifs is 6. The van der Waals surface area contributed by atoms with Gasteiger partial charge < -0.3 is 50.0 Å². The van der Waals surface area contributed by atoms with Gasteiger partial charge in [0.05, 0.1) is 36.7 Å². The van der Waals surface area contributed by atoms with Crippen molar-refractivity contribution in [2.24, 2.45) is 11.8 Å². The molecule has 0 bridgehead atoms. The number of amides is 10. The molecule has 10 aliphatic rings. The number of alkyl carbamates (subject to hydrolysis) is 2. The maximum absolute atomic E-state index is 14.4. The molecule has 10 amide bonds. The van der Waals surface area contributed by atoms with Gasteiger partial charge in [0.25, 0.3) is 11.8 Å². The normalized spacial score (nSPS) is 28.8. The van der Waals surface area contributed by atoms with Crippen LogP contribution in [0, 0.1) is 23.5 Å². The van der Waals surface area contributed by atoms with Gasteiger partial charge in [0.15, 0.2) is 0 Å². The molecular weight excluding hydrogens is 1370 g/mol. The summed E-state index contributed by atoms with van der Waals surface area (Å²) in [6, 6.07) is 4.65. The van der Waals surface area contributed by atoms with E-state index < -0.39 is 167 Å². The predicted molar refractivity (Wildman–Crippen MR) is 361 cm³/mol. The molecule has 2 aromatic rings. The number of rotatable bonds is 10. The van der Waals surface area contributed by atoms with E-state index in [9.17, 15) is 73.6 Å². The van der Waals surface area contributed by atoms with Gasteiger partial charge >= 0.3 is 24.4 Å². The van der Waals surface area contributed by atoms with Crippen molar-refractivity contribution in [1.82, 2.24) is 50.3 Å². The highest BCUT2D eigenvalue weighted by Gasteiger charge is 2.64. The van der Waals surface area contributed by atoms with E-state index in [0.717, 1.165) is 38.5 Å². The van der Waals surface area contributed by atoms with E-state index >= 15 is 0 Å². The van der Waals surface area contributed by atoms with Crippen molar-refractivity contribution in [3.8, 4) is 0 Å². The quantitative estimate of drug-likeness (QED) is 0.109. The first-order valence-corrected chi connectivity index (χ1v) is 38.7. The second kappa shape index (κ2) is 29.9. The third kappa shape index (κ3) is 17.9. The van der Waals surface area contributed by atoms with E-state index in [4.69, 9.17) is 18.9 Å². The van der Waals surface area contributed by atoms with E-state index in [1.54, 1.807) is 65.8 Å². The van der Waals surface area contributed by atoms with Crippen LogP contribution in [-0.2, 0) is 93.9 Å². The lowest BCUT2D eigenvalue weighted by Crippen LogP contribution is -2.58. The fourth-order valence-electron chi connectivity index (χ4n) is 14.5. The lowest BCUT2D eigenvalue weighted by atomic mass is 10.0. The summed E-state index contributed by atoms with van der Waals surface area (Å²) in [5.74, 6) is -5.84. The Morgan fingerprint density at radius 3 is 1.40 bits per heavy atom. The fraction of sp³-hybridized carbons (Fsp3) is 0.657. The average Bonchev–Trinajstić information content (AvgIpc) is 1.58. The van der Waals surface area contributed by atoms with E-state index in [2.05, 4.69) is 30.7 Å². The summed E-state index contributed by atoms with van der Waals surface area (Å²) in [5.41, 5.74) is -2.61. The number of carbonyl (C=O) groups excluding carboxylic acids is 10. The smallest absolute Gasteiger partial charge is 0.410 e. The van der Waals surface area contributed by atoms with Gasteiger partial charge in [-0.25, -0.2) is 44.8 Å². The Labute approximate surface area is 592 Å². The summed E-state index contributed by atoms with van der Waals surface area (Å²) in [6.07, 6.45) is 8.40. The van der Waals surface area contributed by atoms with Crippen molar-refractivity contribution in [3.05, 3.63) is 82.4 Å². The summed E-state index contributed by atoms with van der Waals surface area (Å²) in [5, 5.41) is 9.66. The average molecular weight is 1470 g/mol. The Morgan fingerprint density at radius 2 is 0.961 bits per heavy atom. The number of benzene rings is 2. The number of nitrogens with one attached hydrogen (secondary N) is 6. The highest BCUT2D eigenvalue weighted by Crippen LogP contribution is 2.49. The SMILES string of the molecule is CC(C)(C)OC(=O)N[C@H]1CCCCC/C=C\[C@@H]2C[C@@]2(C(=O)NS(=O)(=O)C2CC2)NC(=O)[C@@H]2C[C@@H](OC(=O)N3Cc4cccc(F)c4C3)CN2C1=O.CC(C)(C)OC(=O)N[C@H]1CCCCCCC[C@@H]2C[C@@]2(C(=O)NS(=O)(=O)C2CC2)NC(=O)[C@@H]2C[C@@H](OC(=O)N3Cc4cccc(F)c4C3)CN2C1=O. The van der Waals surface area contributed by atoms with Crippen molar-refractivity contribution >= 4 is 79.9 Å². The number of carbonyl (C=O) groups is 10. The van der Waals surface area contributed by atoms with Crippen LogP contribution in [-0.4, -0.2) is 178 Å². The molecule has 6 aliphatic heterocycles. The number of sulfonamides is 2. The summed E-state index contributed by atoms with van der Waals surface area (Å²) < 4.78 is 107. The van der Waals surface area contributed by atoms with Gasteiger partial charge in [0.2, 0.25) is 43.7 Å². The molecule has 12 rings (SSSR count). The molecule has 102 heavy (non-hydrogen) atoms. The predicted octanol–water partition coefficient (Wildman–Crippen LogP) is 6.51. The van der Waals surface area contributed by atoms with Crippen molar-refractivity contribution < 1.29 is 92.5 Å². The van der Waals surface area contributed by atoms with Gasteiger partial charge in [-0.1, -0.05) is 81.4 Å². The molecule has 10 atom stereocenters. The zero-order valence-corrected chi connectivity index (χ0v) is 60.1. The minimum atomic E-state index is -3.92. The van der Waals surface area contributed by atoms with Crippen molar-refractivity contribution in [2.45, 2.75) is 265 Å². The van der Waals surface area contributed by atoms with Crippen molar-refractivity contribution in [1.29, 1.82) is 0 Å². The highest BCUT2D eigenvalue weighted by atomic mass is 32.2. The first-order chi connectivity index (χ1) is 48.1. The van der Waals surface area contributed by atoms with Crippen LogP contribution in [0.3, 0.4) is 0 Å². The zero-order chi connectivity index (χ0) is 73.4. The van der Waals surface area contributed by atoms with Crippen molar-refractivity contribution in [3.63, 3.8) is 0 Å². The van der Waals surface area contributed by atoms with Crippen LogP contribution in [0.1, 0.15) is 192 Å². The summed E-state index contributed by atoms with van der Waals surface area (Å²) in [4.78, 5) is 142. The summed E-state index contributed by atoms with van der Waals surface area (Å²) in [7, 11) is -7.81. The van der Waals surface area contributed by atoms with E-state index in [-0.39, 0.29) is 83.7 Å². The molecule has 7 fully saturated rings. The van der Waals surface area contributed by atoms with Gasteiger partial charge in [-0.3, -0.25) is 48.0 Å². The molecule has 4 saturated carbocycles. The maximum atomic E-state index is 14.4. The molecule has 0 aromatic heterocycles. The Morgan fingerprint density at radius 1 is 0.539 bits per heavy atom. The number of halogens is 2. The number of hydrogen-bond acceptors (Lipinski definition) is 18. The lowest BCUT2D eigenvalue weighted by molar-refractivity contribution is -0.141. The first kappa shape index (κ1) is 75.0. The third-order valence-electron chi connectivity index (χ3n) is 20.4. The van der Waals surface area contributed by atoms with Crippen LogP contribution in [0.25, 0.3) is 0 Å². The second-order valence-corrected chi connectivity index (χ2v) is 34.7. The minimum Gasteiger partial charge on any atom is -0.444 e. The Kier molecular flexibility index (Phi) is 22.0. The van der Waals surface area contributed by atoms with Gasteiger partial charge in [0, 0.05) is 43.0 Å². The number of ether oxygens (including phenoxy) is 4. The van der Waals surface area contributed by atoms with E-state index in [0.29, 0.717) is 73.6 Å². The van der Waals surface area contributed by atoms with Gasteiger partial charge in [-0.05, 0) is 141 Å².